The van der Waals surface area contributed by atoms with Gasteiger partial charge in [-0.3, -0.25) is 9.59 Å². The number of likely N-dealkylation sites (N-methyl/N-ethyl adjacent to an activating group) is 1. The van der Waals surface area contributed by atoms with Gasteiger partial charge in [0.1, 0.15) is 36.2 Å². The van der Waals surface area contributed by atoms with Gasteiger partial charge in [-0.25, -0.2) is 0 Å². The minimum absolute atomic E-state index is 0.0632. The van der Waals surface area contributed by atoms with Crippen LogP contribution in [0.2, 0.25) is 0 Å². The largest absolute Gasteiger partial charge is 0.507 e. The number of aryl methyl sites for hydroxylation is 1. The Labute approximate surface area is 235 Å². The highest BCUT2D eigenvalue weighted by Gasteiger charge is 2.45. The van der Waals surface area contributed by atoms with Gasteiger partial charge in [0.05, 0.1) is 18.2 Å². The van der Waals surface area contributed by atoms with Gasteiger partial charge < -0.3 is 29.1 Å². The van der Waals surface area contributed by atoms with Crippen molar-refractivity contribution in [3.8, 4) is 17.2 Å². The fraction of sp³-hybridized carbons (Fsp3) is 0.312. The topological polar surface area (TPSA) is 88.5 Å². The lowest BCUT2D eigenvalue weighted by Crippen LogP contribution is -2.35. The number of para-hydroxylation sites is 1. The van der Waals surface area contributed by atoms with E-state index in [4.69, 9.17) is 14.2 Å². The first kappa shape index (κ1) is 28.7. The van der Waals surface area contributed by atoms with Gasteiger partial charge in [-0.2, -0.15) is 0 Å². The average molecular weight is 545 g/mol. The van der Waals surface area contributed by atoms with Gasteiger partial charge in [-0.1, -0.05) is 30.3 Å². The Hall–Kier alpha value is -4.30. The van der Waals surface area contributed by atoms with Crippen molar-refractivity contribution >= 4 is 17.4 Å². The number of amides is 1. The number of likely N-dealkylation sites (tertiary alicyclic amines) is 1. The Balaban J connectivity index is 1.56. The Kier molecular flexibility index (Phi) is 9.45. The van der Waals surface area contributed by atoms with Gasteiger partial charge in [0, 0.05) is 18.7 Å². The monoisotopic (exact) mass is 544 g/mol. The molecule has 1 unspecified atom stereocenters. The summed E-state index contributed by atoms with van der Waals surface area (Å²) in [6, 6.07) is 21.1. The number of benzene rings is 3. The quantitative estimate of drug-likeness (QED) is 0.151. The minimum Gasteiger partial charge on any atom is -0.507 e. The number of carbonyl (C=O) groups excluding carboxylic acids is 2. The van der Waals surface area contributed by atoms with Crippen molar-refractivity contribution in [3.63, 3.8) is 0 Å². The molecule has 0 aromatic heterocycles. The maximum absolute atomic E-state index is 13.2. The third-order valence-electron chi connectivity index (χ3n) is 6.67. The predicted molar refractivity (Wildman–Crippen MR) is 154 cm³/mol. The van der Waals surface area contributed by atoms with Crippen LogP contribution >= 0.6 is 0 Å². The summed E-state index contributed by atoms with van der Waals surface area (Å²) in [7, 11) is 3.81. The van der Waals surface area contributed by atoms with E-state index in [0.29, 0.717) is 55.5 Å². The summed E-state index contributed by atoms with van der Waals surface area (Å²) in [6.07, 6.45) is 0. The second-order valence-corrected chi connectivity index (χ2v) is 9.78. The minimum atomic E-state index is -0.732. The number of carbonyl (C=O) groups is 2. The van der Waals surface area contributed by atoms with E-state index in [9.17, 15) is 14.7 Å². The van der Waals surface area contributed by atoms with Crippen molar-refractivity contribution in [1.29, 1.82) is 0 Å². The molecule has 0 bridgehead atoms. The molecule has 8 heteroatoms. The maximum Gasteiger partial charge on any atom is 0.295 e. The molecule has 0 spiro atoms. The molecular formula is C32H36N2O6. The lowest BCUT2D eigenvalue weighted by Gasteiger charge is -2.26. The third-order valence-corrected chi connectivity index (χ3v) is 6.67. The summed E-state index contributed by atoms with van der Waals surface area (Å²) in [5, 5.41) is 11.3. The van der Waals surface area contributed by atoms with Crippen LogP contribution in [0.5, 0.6) is 17.2 Å². The van der Waals surface area contributed by atoms with Crippen molar-refractivity contribution in [1.82, 2.24) is 9.80 Å². The molecule has 40 heavy (non-hydrogen) atoms. The highest BCUT2D eigenvalue weighted by Crippen LogP contribution is 2.39. The predicted octanol–water partition coefficient (Wildman–Crippen LogP) is 4.83. The summed E-state index contributed by atoms with van der Waals surface area (Å²) in [4.78, 5) is 29.8. The lowest BCUT2D eigenvalue weighted by molar-refractivity contribution is -0.140. The third kappa shape index (κ3) is 6.63. The van der Waals surface area contributed by atoms with E-state index in [1.165, 1.54) is 4.90 Å². The molecule has 210 valence electrons. The Morgan fingerprint density at radius 1 is 0.875 bits per heavy atom. The summed E-state index contributed by atoms with van der Waals surface area (Å²) in [5.74, 6) is 0.557. The summed E-state index contributed by atoms with van der Waals surface area (Å²) >= 11 is 0. The van der Waals surface area contributed by atoms with Crippen LogP contribution in [0.4, 0.5) is 0 Å². The number of nitrogens with zero attached hydrogens (tertiary/aromatic N) is 2. The SMILES string of the molecule is CCOc1ccc(/C(O)=C2\C(=O)C(=O)N(CCN(C)C)C2c2ccc(OCCOc3ccccc3C)cc2)cc1. The molecule has 1 N–H and O–H groups in total. The van der Waals surface area contributed by atoms with Crippen LogP contribution < -0.4 is 14.2 Å². The fourth-order valence-electron chi connectivity index (χ4n) is 4.57. The average Bonchev–Trinajstić information content (AvgIpc) is 3.20. The zero-order valence-electron chi connectivity index (χ0n) is 23.4. The first-order chi connectivity index (χ1) is 19.3. The first-order valence-corrected chi connectivity index (χ1v) is 13.4. The van der Waals surface area contributed by atoms with Crippen LogP contribution in [-0.4, -0.2) is 73.6 Å². The molecule has 3 aromatic carbocycles. The Morgan fingerprint density at radius 3 is 2.15 bits per heavy atom. The molecule has 1 fully saturated rings. The van der Waals surface area contributed by atoms with Gasteiger partial charge in [-0.15, -0.1) is 0 Å². The molecule has 1 amide bonds. The summed E-state index contributed by atoms with van der Waals surface area (Å²) < 4.78 is 17.1. The molecule has 1 heterocycles. The first-order valence-electron chi connectivity index (χ1n) is 13.4. The van der Waals surface area contributed by atoms with E-state index < -0.39 is 17.7 Å². The van der Waals surface area contributed by atoms with E-state index in [2.05, 4.69) is 0 Å². The van der Waals surface area contributed by atoms with Gasteiger partial charge in [-0.05, 0) is 81.5 Å². The van der Waals surface area contributed by atoms with Crippen molar-refractivity contribution < 1.29 is 28.9 Å². The number of rotatable bonds is 12. The van der Waals surface area contributed by atoms with E-state index >= 15 is 0 Å². The molecule has 4 rings (SSSR count). The van der Waals surface area contributed by atoms with Crippen LogP contribution in [0, 0.1) is 6.92 Å². The highest BCUT2D eigenvalue weighted by atomic mass is 16.5. The Morgan fingerprint density at radius 2 is 1.50 bits per heavy atom. The number of aliphatic hydroxyl groups excluding tert-OH is 1. The Bertz CT molecular complexity index is 1350. The van der Waals surface area contributed by atoms with Crippen LogP contribution in [0.15, 0.2) is 78.4 Å². The second-order valence-electron chi connectivity index (χ2n) is 9.78. The zero-order chi connectivity index (χ0) is 28.6. The summed E-state index contributed by atoms with van der Waals surface area (Å²) in [5.41, 5.74) is 2.26. The number of Topliss-reactive ketones (excluding diaryl/α,β-unsaturated/α-hetero) is 1. The molecule has 1 aliphatic heterocycles. The number of hydrogen-bond donors (Lipinski definition) is 1. The highest BCUT2D eigenvalue weighted by molar-refractivity contribution is 6.46. The molecule has 0 saturated carbocycles. The molecule has 1 atom stereocenters. The van der Waals surface area contributed by atoms with E-state index in [0.717, 1.165) is 11.3 Å². The van der Waals surface area contributed by atoms with E-state index in [1.54, 1.807) is 36.4 Å². The lowest BCUT2D eigenvalue weighted by atomic mass is 9.95. The zero-order valence-corrected chi connectivity index (χ0v) is 23.4. The van der Waals surface area contributed by atoms with Crippen molar-refractivity contribution in [2.75, 3.05) is 47.0 Å². The van der Waals surface area contributed by atoms with Crippen LogP contribution in [0.25, 0.3) is 5.76 Å². The van der Waals surface area contributed by atoms with Gasteiger partial charge in [0.15, 0.2) is 0 Å². The normalized spacial score (nSPS) is 16.4. The summed E-state index contributed by atoms with van der Waals surface area (Å²) in [6.45, 7) is 6.03. The standard InChI is InChI=1S/C32H36N2O6/c1-5-38-25-16-12-24(13-17-25)30(35)28-29(34(19-18-33(3)4)32(37)31(28)36)23-10-14-26(15-11-23)39-20-21-40-27-9-7-6-8-22(27)2/h6-17,29,35H,5,18-21H2,1-4H3/b30-28+. The number of aliphatic hydroxyl groups is 1. The smallest absolute Gasteiger partial charge is 0.295 e. The van der Waals surface area contributed by atoms with Crippen molar-refractivity contribution in [2.24, 2.45) is 0 Å². The van der Waals surface area contributed by atoms with Gasteiger partial charge in [0.2, 0.25) is 0 Å². The molecule has 1 saturated heterocycles. The number of ketones is 1. The number of hydrogen-bond acceptors (Lipinski definition) is 7. The van der Waals surface area contributed by atoms with Gasteiger partial charge in [0.25, 0.3) is 11.7 Å². The van der Waals surface area contributed by atoms with Gasteiger partial charge >= 0.3 is 0 Å². The van der Waals surface area contributed by atoms with Crippen LogP contribution in [-0.2, 0) is 9.59 Å². The molecule has 0 aliphatic carbocycles. The number of ether oxygens (including phenoxy) is 3. The maximum atomic E-state index is 13.2. The molecule has 8 nitrogen and oxygen atoms in total. The van der Waals surface area contributed by atoms with Crippen LogP contribution in [0.1, 0.15) is 29.7 Å². The van der Waals surface area contributed by atoms with E-state index in [1.807, 2.05) is 69.2 Å². The molecule has 3 aromatic rings. The fourth-order valence-corrected chi connectivity index (χ4v) is 4.57. The van der Waals surface area contributed by atoms with Crippen molar-refractivity contribution in [2.45, 2.75) is 19.9 Å². The van der Waals surface area contributed by atoms with E-state index in [-0.39, 0.29) is 11.3 Å². The van der Waals surface area contributed by atoms with Crippen molar-refractivity contribution in [3.05, 3.63) is 95.1 Å². The molecular weight excluding hydrogens is 508 g/mol. The molecule has 0 radical (unpaired) electrons. The van der Waals surface area contributed by atoms with Crippen LogP contribution in [0.3, 0.4) is 0 Å². The second kappa shape index (κ2) is 13.2. The molecule has 1 aliphatic rings.